The minimum atomic E-state index is -0.219. The van der Waals surface area contributed by atoms with Gasteiger partial charge >= 0.3 is 0 Å². The van der Waals surface area contributed by atoms with E-state index < -0.39 is 0 Å². The highest BCUT2D eigenvalue weighted by molar-refractivity contribution is 9.20. The van der Waals surface area contributed by atoms with Crippen molar-refractivity contribution in [3.63, 3.8) is 0 Å². The topological polar surface area (TPSA) is 26.3 Å². The first-order chi connectivity index (χ1) is 9.02. The fourth-order valence-corrected chi connectivity index (χ4v) is 2.72. The number of fused-ring (bicyclic) bond motifs is 1. The zero-order valence-electron chi connectivity index (χ0n) is 10.7. The second-order valence-corrected chi connectivity index (χ2v) is 6.24. The Morgan fingerprint density at radius 3 is 2.42 bits per heavy atom. The number of alkyl halides is 1. The van der Waals surface area contributed by atoms with Crippen molar-refractivity contribution < 1.29 is 9.53 Å². The number of rotatable bonds is 4. The van der Waals surface area contributed by atoms with E-state index in [0.29, 0.717) is 0 Å². The summed E-state index contributed by atoms with van der Waals surface area (Å²) in [5.41, 5.74) is 1.13. The third-order valence-electron chi connectivity index (χ3n) is 3.25. The highest BCUT2D eigenvalue weighted by Crippen LogP contribution is 2.30. The number of carbonyl (C=O) groups excluding carboxylic acids is 1. The molecule has 0 aliphatic heterocycles. The van der Waals surface area contributed by atoms with Crippen LogP contribution in [0.2, 0.25) is 0 Å². The molecular formula is C15H14Br2O2. The standard InChI is InChI=1S/C15H14Br2O2/c1-9(14(16)15(17)18)10-3-4-12-8-13(19-2)6-5-11(12)7-10/h3-9,14H,1-2H3. The summed E-state index contributed by atoms with van der Waals surface area (Å²) in [7, 11) is 1.66. The highest BCUT2D eigenvalue weighted by Gasteiger charge is 2.21. The summed E-state index contributed by atoms with van der Waals surface area (Å²) in [4.78, 5) is 11.1. The summed E-state index contributed by atoms with van der Waals surface area (Å²) >= 11 is 6.42. The fourth-order valence-electron chi connectivity index (χ4n) is 2.02. The average molecular weight is 386 g/mol. The van der Waals surface area contributed by atoms with Crippen molar-refractivity contribution >= 4 is 47.3 Å². The van der Waals surface area contributed by atoms with Crippen LogP contribution >= 0.6 is 31.9 Å². The Morgan fingerprint density at radius 1 is 1.16 bits per heavy atom. The zero-order valence-corrected chi connectivity index (χ0v) is 13.9. The predicted molar refractivity (Wildman–Crippen MR) is 85.6 cm³/mol. The van der Waals surface area contributed by atoms with Crippen molar-refractivity contribution in [3.05, 3.63) is 42.0 Å². The summed E-state index contributed by atoms with van der Waals surface area (Å²) in [5, 5.41) is 2.28. The van der Waals surface area contributed by atoms with Crippen molar-refractivity contribution in [3.8, 4) is 5.75 Å². The van der Waals surface area contributed by atoms with Crippen LogP contribution in [0.4, 0.5) is 0 Å². The molecule has 0 radical (unpaired) electrons. The minimum absolute atomic E-state index is 0.0326. The number of carbonyl (C=O) groups is 1. The van der Waals surface area contributed by atoms with E-state index in [1.165, 1.54) is 0 Å². The van der Waals surface area contributed by atoms with E-state index in [2.05, 4.69) is 50.1 Å². The summed E-state index contributed by atoms with van der Waals surface area (Å²) in [6.45, 7) is 2.03. The Kier molecular flexibility index (Phi) is 4.63. The molecule has 100 valence electrons. The first-order valence-electron chi connectivity index (χ1n) is 5.94. The van der Waals surface area contributed by atoms with Gasteiger partial charge in [0.25, 0.3) is 0 Å². The Morgan fingerprint density at radius 2 is 1.79 bits per heavy atom. The number of hydrogen-bond acceptors (Lipinski definition) is 2. The highest BCUT2D eigenvalue weighted by atomic mass is 79.9. The van der Waals surface area contributed by atoms with Crippen LogP contribution in [-0.4, -0.2) is 16.6 Å². The van der Waals surface area contributed by atoms with Crippen molar-refractivity contribution in [2.45, 2.75) is 17.7 Å². The van der Waals surface area contributed by atoms with E-state index in [4.69, 9.17) is 4.74 Å². The van der Waals surface area contributed by atoms with Gasteiger partial charge in [0.15, 0.2) is 0 Å². The van der Waals surface area contributed by atoms with Crippen LogP contribution < -0.4 is 4.74 Å². The van der Waals surface area contributed by atoms with Gasteiger partial charge in [-0.25, -0.2) is 0 Å². The molecule has 2 unspecified atom stereocenters. The van der Waals surface area contributed by atoms with Gasteiger partial charge in [-0.2, -0.15) is 0 Å². The first-order valence-corrected chi connectivity index (χ1v) is 7.65. The molecule has 0 N–H and O–H groups in total. The molecule has 2 aromatic carbocycles. The summed E-state index contributed by atoms with van der Waals surface area (Å²) in [6.07, 6.45) is 0. The molecule has 2 aromatic rings. The fraction of sp³-hybridized carbons (Fsp3) is 0.267. The van der Waals surface area contributed by atoms with Crippen molar-refractivity contribution in [1.82, 2.24) is 0 Å². The summed E-state index contributed by atoms with van der Waals surface area (Å²) in [5.74, 6) is 0.959. The maximum atomic E-state index is 11.4. The molecule has 0 saturated carbocycles. The molecule has 0 amide bonds. The second-order valence-electron chi connectivity index (χ2n) is 4.47. The third-order valence-corrected chi connectivity index (χ3v) is 5.57. The van der Waals surface area contributed by atoms with E-state index >= 15 is 0 Å². The van der Waals surface area contributed by atoms with E-state index in [-0.39, 0.29) is 15.4 Å². The smallest absolute Gasteiger partial charge is 0.211 e. The molecule has 0 aliphatic carbocycles. The van der Waals surface area contributed by atoms with Gasteiger partial charge in [-0.3, -0.25) is 4.79 Å². The van der Waals surface area contributed by atoms with Gasteiger partial charge in [-0.1, -0.05) is 47.1 Å². The molecule has 0 fully saturated rings. The molecule has 0 aromatic heterocycles. The number of methoxy groups -OCH3 is 1. The third kappa shape index (κ3) is 3.18. The molecule has 0 heterocycles. The molecule has 0 aliphatic rings. The van der Waals surface area contributed by atoms with Crippen LogP contribution in [0.1, 0.15) is 18.4 Å². The lowest BCUT2D eigenvalue weighted by Crippen LogP contribution is -2.15. The van der Waals surface area contributed by atoms with E-state index in [1.54, 1.807) is 7.11 Å². The molecule has 0 bridgehead atoms. The second kappa shape index (κ2) is 6.06. The number of benzene rings is 2. The van der Waals surface area contributed by atoms with Gasteiger partial charge < -0.3 is 4.74 Å². The van der Waals surface area contributed by atoms with Gasteiger partial charge in [0.05, 0.1) is 11.9 Å². The Labute approximate surface area is 129 Å². The molecule has 4 heteroatoms. The number of ether oxygens (including phenoxy) is 1. The normalized spacial score (nSPS) is 14.1. The van der Waals surface area contributed by atoms with Gasteiger partial charge in [0.2, 0.25) is 4.69 Å². The van der Waals surface area contributed by atoms with E-state index in [0.717, 1.165) is 22.1 Å². The molecule has 2 nitrogen and oxygen atoms in total. The van der Waals surface area contributed by atoms with Crippen LogP contribution in [0.15, 0.2) is 36.4 Å². The van der Waals surface area contributed by atoms with Crippen LogP contribution in [0.25, 0.3) is 10.8 Å². The maximum absolute atomic E-state index is 11.4. The minimum Gasteiger partial charge on any atom is -0.497 e. The molecule has 0 saturated heterocycles. The van der Waals surface area contributed by atoms with E-state index in [9.17, 15) is 4.79 Å². The predicted octanol–water partition coefficient (Wildman–Crippen LogP) is 4.64. The van der Waals surface area contributed by atoms with Crippen molar-refractivity contribution in [2.75, 3.05) is 7.11 Å². The van der Waals surface area contributed by atoms with Crippen LogP contribution in [0.5, 0.6) is 5.75 Å². The SMILES string of the molecule is COc1ccc2cc(C(C)C(Br)C(=O)Br)ccc2c1. The van der Waals surface area contributed by atoms with Gasteiger partial charge in [0, 0.05) is 5.92 Å². The largest absolute Gasteiger partial charge is 0.497 e. The molecule has 2 rings (SSSR count). The maximum Gasteiger partial charge on any atom is 0.211 e. The monoisotopic (exact) mass is 384 g/mol. The summed E-state index contributed by atoms with van der Waals surface area (Å²) < 4.78 is 5.18. The van der Waals surface area contributed by atoms with E-state index in [1.807, 2.05) is 25.1 Å². The van der Waals surface area contributed by atoms with Crippen molar-refractivity contribution in [2.24, 2.45) is 0 Å². The average Bonchev–Trinajstić information content (AvgIpc) is 2.44. The van der Waals surface area contributed by atoms with Gasteiger partial charge in [-0.05, 0) is 44.4 Å². The molecule has 2 atom stereocenters. The lowest BCUT2D eigenvalue weighted by atomic mass is 9.95. The van der Waals surface area contributed by atoms with Crippen LogP contribution in [0, 0.1) is 0 Å². The van der Waals surface area contributed by atoms with Crippen molar-refractivity contribution in [1.29, 1.82) is 0 Å². The molecule has 0 spiro atoms. The quantitative estimate of drug-likeness (QED) is 0.566. The zero-order chi connectivity index (χ0) is 14.0. The Balaban J connectivity index is 2.39. The number of hydrogen-bond donors (Lipinski definition) is 0. The van der Waals surface area contributed by atoms with Gasteiger partial charge in [-0.15, -0.1) is 0 Å². The molecule has 19 heavy (non-hydrogen) atoms. The van der Waals surface area contributed by atoms with Gasteiger partial charge in [0.1, 0.15) is 5.75 Å². The first kappa shape index (κ1) is 14.5. The van der Waals surface area contributed by atoms with Crippen LogP contribution in [0.3, 0.4) is 0 Å². The Bertz CT molecular complexity index is 610. The van der Waals surface area contributed by atoms with Crippen LogP contribution in [-0.2, 0) is 4.79 Å². The summed E-state index contributed by atoms with van der Waals surface area (Å²) in [6, 6.07) is 12.2. The Hall–Kier alpha value is -0.870. The number of halogens is 2. The lowest BCUT2D eigenvalue weighted by Gasteiger charge is -2.16. The lowest BCUT2D eigenvalue weighted by molar-refractivity contribution is -0.110. The molecular weight excluding hydrogens is 372 g/mol.